The topological polar surface area (TPSA) is 199 Å². The van der Waals surface area contributed by atoms with Crippen LogP contribution in [0.2, 0.25) is 0 Å². The Morgan fingerprint density at radius 1 is 1.11 bits per heavy atom. The fraction of sp³-hybridized carbons (Fsp3) is 0.833. The van der Waals surface area contributed by atoms with Gasteiger partial charge in [0.15, 0.2) is 0 Å². The molecular formula is C6H16ClNO9S. The van der Waals surface area contributed by atoms with Crippen molar-refractivity contribution in [2.24, 2.45) is 5.73 Å². The first-order chi connectivity index (χ1) is 7.54. The summed E-state index contributed by atoms with van der Waals surface area (Å²) in [7, 11) is -4.67. The first-order valence-corrected chi connectivity index (χ1v) is 5.50. The molecule has 0 fully saturated rings. The number of aldehydes is 1. The molecule has 0 spiro atoms. The normalized spacial score (nSPS) is 17.3. The van der Waals surface area contributed by atoms with Gasteiger partial charge in [0.25, 0.3) is 0 Å². The second-order valence-electron chi connectivity index (χ2n) is 2.89. The highest BCUT2D eigenvalue weighted by molar-refractivity contribution is 7.79. The SMILES string of the molecule is Cl.N[C@H](C=O)[C@@H](O)[C@H](O)[C@H](O)CO.O=S(=O)(O)O. The average molecular weight is 314 g/mol. The Labute approximate surface area is 109 Å². The minimum atomic E-state index is -4.67. The van der Waals surface area contributed by atoms with E-state index < -0.39 is 41.4 Å². The maximum absolute atomic E-state index is 10.0. The summed E-state index contributed by atoms with van der Waals surface area (Å²) in [5, 5.41) is 35.2. The van der Waals surface area contributed by atoms with Crippen LogP contribution in [0, 0.1) is 0 Å². The Bertz CT molecular complexity index is 302. The predicted octanol–water partition coefficient (Wildman–Crippen LogP) is -3.64. The third-order valence-corrected chi connectivity index (χ3v) is 1.48. The van der Waals surface area contributed by atoms with Gasteiger partial charge in [-0.2, -0.15) is 8.42 Å². The third kappa shape index (κ3) is 13.7. The summed E-state index contributed by atoms with van der Waals surface area (Å²) in [5.74, 6) is 0. The third-order valence-electron chi connectivity index (χ3n) is 1.48. The summed E-state index contributed by atoms with van der Waals surface area (Å²) < 4.78 is 31.6. The lowest BCUT2D eigenvalue weighted by atomic mass is 10.0. The number of aliphatic hydroxyl groups is 4. The van der Waals surface area contributed by atoms with E-state index in [1.807, 2.05) is 0 Å². The van der Waals surface area contributed by atoms with Crippen LogP contribution in [0.1, 0.15) is 0 Å². The molecule has 0 aromatic rings. The van der Waals surface area contributed by atoms with Crippen LogP contribution in [0.25, 0.3) is 0 Å². The second kappa shape index (κ2) is 10.5. The summed E-state index contributed by atoms with van der Waals surface area (Å²) in [6.45, 7) is -0.705. The van der Waals surface area contributed by atoms with Crippen LogP contribution in [-0.2, 0) is 15.2 Å². The maximum atomic E-state index is 10.0. The van der Waals surface area contributed by atoms with E-state index in [0.717, 1.165) is 0 Å². The van der Waals surface area contributed by atoms with Gasteiger partial charge in [0, 0.05) is 0 Å². The van der Waals surface area contributed by atoms with Crippen LogP contribution < -0.4 is 5.73 Å². The van der Waals surface area contributed by atoms with Crippen LogP contribution >= 0.6 is 12.4 Å². The van der Waals surface area contributed by atoms with Gasteiger partial charge in [-0.05, 0) is 0 Å². The molecule has 4 atom stereocenters. The average Bonchev–Trinajstić information content (AvgIpc) is 2.22. The lowest BCUT2D eigenvalue weighted by Crippen LogP contribution is -2.49. The first kappa shape index (κ1) is 22.8. The van der Waals surface area contributed by atoms with Crippen molar-refractivity contribution < 1.29 is 42.7 Å². The van der Waals surface area contributed by atoms with E-state index in [-0.39, 0.29) is 18.7 Å². The largest absolute Gasteiger partial charge is 0.394 e. The summed E-state index contributed by atoms with van der Waals surface area (Å²) in [6.07, 6.45) is -4.43. The van der Waals surface area contributed by atoms with Gasteiger partial charge in [0.05, 0.1) is 12.6 Å². The molecule has 0 aliphatic carbocycles. The predicted molar refractivity (Wildman–Crippen MR) is 60.6 cm³/mol. The maximum Gasteiger partial charge on any atom is 0.394 e. The van der Waals surface area contributed by atoms with E-state index in [1.165, 1.54) is 0 Å². The highest BCUT2D eigenvalue weighted by Crippen LogP contribution is 2.01. The van der Waals surface area contributed by atoms with Crippen LogP contribution in [0.15, 0.2) is 0 Å². The van der Waals surface area contributed by atoms with Crippen molar-refractivity contribution in [2.45, 2.75) is 24.4 Å². The first-order valence-electron chi connectivity index (χ1n) is 4.10. The van der Waals surface area contributed by atoms with E-state index in [4.69, 9.17) is 43.7 Å². The molecule has 0 heterocycles. The Morgan fingerprint density at radius 2 is 1.44 bits per heavy atom. The van der Waals surface area contributed by atoms with Gasteiger partial charge in [-0.15, -0.1) is 12.4 Å². The zero-order chi connectivity index (χ0) is 14.2. The van der Waals surface area contributed by atoms with Crippen LogP contribution in [0.5, 0.6) is 0 Å². The summed E-state index contributed by atoms with van der Waals surface area (Å²) in [4.78, 5) is 10.0. The zero-order valence-corrected chi connectivity index (χ0v) is 10.5. The zero-order valence-electron chi connectivity index (χ0n) is 8.90. The van der Waals surface area contributed by atoms with Gasteiger partial charge in [0.2, 0.25) is 0 Å². The number of carbonyl (C=O) groups excluding carboxylic acids is 1. The molecular weight excluding hydrogens is 298 g/mol. The molecule has 0 unspecified atom stereocenters. The standard InChI is InChI=1S/C6H13NO5.ClH.H2O4S/c7-3(1-8)5(11)6(12)4(10)2-9;;1-5(2,3)4/h1,3-6,9-12H,2,7H2;1H;(H2,1,2,3,4)/t3-,4-,5-,6-;;/m1../s1. The Balaban J connectivity index is -0.000000321. The molecule has 12 heteroatoms. The highest BCUT2D eigenvalue weighted by atomic mass is 35.5. The minimum Gasteiger partial charge on any atom is -0.394 e. The van der Waals surface area contributed by atoms with E-state index in [0.29, 0.717) is 0 Å². The van der Waals surface area contributed by atoms with Gasteiger partial charge in [-0.25, -0.2) is 0 Å². The minimum absolute atomic E-state index is 0. The van der Waals surface area contributed by atoms with Crippen molar-refractivity contribution >= 4 is 29.1 Å². The van der Waals surface area contributed by atoms with Gasteiger partial charge in [0.1, 0.15) is 24.6 Å². The fourth-order valence-corrected chi connectivity index (χ4v) is 0.644. The van der Waals surface area contributed by atoms with E-state index in [9.17, 15) is 4.79 Å². The van der Waals surface area contributed by atoms with Crippen LogP contribution in [0.3, 0.4) is 0 Å². The number of aliphatic hydroxyl groups excluding tert-OH is 4. The smallest absolute Gasteiger partial charge is 0.394 e. The van der Waals surface area contributed by atoms with Gasteiger partial charge in [-0.1, -0.05) is 0 Å². The Hall–Kier alpha value is -0.370. The van der Waals surface area contributed by atoms with Crippen molar-refractivity contribution in [3.05, 3.63) is 0 Å². The van der Waals surface area contributed by atoms with Crippen LogP contribution in [0.4, 0.5) is 0 Å². The van der Waals surface area contributed by atoms with E-state index in [1.54, 1.807) is 0 Å². The van der Waals surface area contributed by atoms with Gasteiger partial charge < -0.3 is 31.0 Å². The number of nitrogens with two attached hydrogens (primary N) is 1. The molecule has 18 heavy (non-hydrogen) atoms. The van der Waals surface area contributed by atoms with E-state index in [2.05, 4.69) is 0 Å². The molecule has 8 N–H and O–H groups in total. The van der Waals surface area contributed by atoms with Crippen molar-refractivity contribution in [1.29, 1.82) is 0 Å². The lowest BCUT2D eigenvalue weighted by molar-refractivity contribution is -0.118. The number of hydrogen-bond donors (Lipinski definition) is 7. The molecule has 0 aromatic carbocycles. The van der Waals surface area contributed by atoms with Crippen molar-refractivity contribution in [3.63, 3.8) is 0 Å². The summed E-state index contributed by atoms with van der Waals surface area (Å²) in [6, 6.07) is -1.26. The molecule has 0 saturated heterocycles. The van der Waals surface area contributed by atoms with Crippen molar-refractivity contribution in [1.82, 2.24) is 0 Å². The molecule has 0 aromatic heterocycles. The van der Waals surface area contributed by atoms with Crippen molar-refractivity contribution in [3.8, 4) is 0 Å². The number of carbonyl (C=O) groups is 1. The van der Waals surface area contributed by atoms with E-state index >= 15 is 0 Å². The summed E-state index contributed by atoms with van der Waals surface area (Å²) in [5.41, 5.74) is 5.04. The molecule has 112 valence electrons. The van der Waals surface area contributed by atoms with Gasteiger partial charge in [-0.3, -0.25) is 9.11 Å². The molecule has 0 radical (unpaired) electrons. The number of rotatable bonds is 5. The number of halogens is 1. The molecule has 10 nitrogen and oxygen atoms in total. The summed E-state index contributed by atoms with van der Waals surface area (Å²) >= 11 is 0. The Morgan fingerprint density at radius 3 is 1.67 bits per heavy atom. The molecule has 0 amide bonds. The molecule has 0 bridgehead atoms. The quantitative estimate of drug-likeness (QED) is 0.196. The Kier molecular flexibility index (Phi) is 13.3. The molecule has 0 saturated carbocycles. The molecule has 0 aliphatic rings. The van der Waals surface area contributed by atoms with Crippen LogP contribution in [-0.4, -0.2) is 75.2 Å². The monoisotopic (exact) mass is 313 g/mol. The molecule has 0 aliphatic heterocycles. The number of hydrogen-bond acceptors (Lipinski definition) is 8. The van der Waals surface area contributed by atoms with Gasteiger partial charge >= 0.3 is 10.4 Å². The van der Waals surface area contributed by atoms with Crippen molar-refractivity contribution in [2.75, 3.05) is 6.61 Å². The lowest BCUT2D eigenvalue weighted by Gasteiger charge is -2.23. The second-order valence-corrected chi connectivity index (χ2v) is 3.79. The highest BCUT2D eigenvalue weighted by Gasteiger charge is 2.28. The fourth-order valence-electron chi connectivity index (χ4n) is 0.644. The molecule has 0 rings (SSSR count).